The fourth-order valence-corrected chi connectivity index (χ4v) is 3.36. The summed E-state index contributed by atoms with van der Waals surface area (Å²) in [6.07, 6.45) is 0.667. The molecule has 0 aliphatic rings. The third-order valence-electron chi connectivity index (χ3n) is 4.23. The van der Waals surface area contributed by atoms with E-state index in [1.807, 2.05) is 24.3 Å². The average molecular weight is 441 g/mol. The summed E-state index contributed by atoms with van der Waals surface area (Å²) in [6.45, 7) is 0.497. The minimum atomic E-state index is -0.494. The molecule has 0 aliphatic carbocycles. The lowest BCUT2D eigenvalue weighted by Gasteiger charge is -2.09. The second kappa shape index (κ2) is 11.1. The third kappa shape index (κ3) is 6.78. The quantitative estimate of drug-likeness (QED) is 0.496. The number of anilines is 1. The molecular formula is C22H21FN4O3S. The highest BCUT2D eigenvalue weighted by atomic mass is 32.2. The molecule has 2 amide bonds. The Balaban J connectivity index is 1.42. The van der Waals surface area contributed by atoms with Gasteiger partial charge in [0.05, 0.1) is 12.9 Å². The van der Waals surface area contributed by atoms with E-state index in [-0.39, 0.29) is 23.0 Å². The van der Waals surface area contributed by atoms with E-state index in [1.165, 1.54) is 30.0 Å². The van der Waals surface area contributed by atoms with Gasteiger partial charge in [-0.05, 0) is 48.4 Å². The van der Waals surface area contributed by atoms with Crippen LogP contribution in [-0.4, -0.2) is 41.4 Å². The van der Waals surface area contributed by atoms with Crippen LogP contribution in [0, 0.1) is 5.82 Å². The van der Waals surface area contributed by atoms with Gasteiger partial charge in [0.15, 0.2) is 5.82 Å². The zero-order valence-electron chi connectivity index (χ0n) is 16.8. The number of hydrogen-bond acceptors (Lipinski definition) is 6. The summed E-state index contributed by atoms with van der Waals surface area (Å²) in [6, 6.07) is 16.3. The van der Waals surface area contributed by atoms with Crippen molar-refractivity contribution in [3.8, 4) is 5.75 Å². The molecule has 1 aromatic heterocycles. The Bertz CT molecular complexity index is 1050. The monoisotopic (exact) mass is 440 g/mol. The molecule has 1 heterocycles. The molecule has 160 valence electrons. The van der Waals surface area contributed by atoms with E-state index < -0.39 is 11.7 Å². The van der Waals surface area contributed by atoms with Gasteiger partial charge < -0.3 is 15.4 Å². The van der Waals surface area contributed by atoms with E-state index in [1.54, 1.807) is 19.2 Å². The van der Waals surface area contributed by atoms with Crippen LogP contribution in [0.15, 0.2) is 65.7 Å². The molecule has 0 saturated heterocycles. The number of amides is 2. The number of rotatable bonds is 9. The Kier molecular flexibility index (Phi) is 7.94. The summed E-state index contributed by atoms with van der Waals surface area (Å²) in [5, 5.41) is 13.9. The number of methoxy groups -OCH3 is 1. The van der Waals surface area contributed by atoms with Crippen molar-refractivity contribution in [3.63, 3.8) is 0 Å². The largest absolute Gasteiger partial charge is 0.496 e. The Morgan fingerprint density at radius 3 is 2.65 bits per heavy atom. The fourth-order valence-electron chi connectivity index (χ4n) is 2.72. The van der Waals surface area contributed by atoms with Crippen LogP contribution in [0.2, 0.25) is 0 Å². The first kappa shape index (κ1) is 22.2. The summed E-state index contributed by atoms with van der Waals surface area (Å²) < 4.78 is 18.5. The summed E-state index contributed by atoms with van der Waals surface area (Å²) in [4.78, 5) is 24.2. The molecule has 0 fully saturated rings. The van der Waals surface area contributed by atoms with Crippen LogP contribution in [0.4, 0.5) is 10.2 Å². The van der Waals surface area contributed by atoms with Crippen molar-refractivity contribution in [3.05, 3.63) is 77.6 Å². The number of nitrogens with one attached hydrogen (secondary N) is 2. The lowest BCUT2D eigenvalue weighted by molar-refractivity contribution is -0.118. The van der Waals surface area contributed by atoms with Crippen molar-refractivity contribution >= 4 is 29.4 Å². The molecule has 0 unspecified atom stereocenters. The van der Waals surface area contributed by atoms with Crippen LogP contribution in [-0.2, 0) is 11.2 Å². The van der Waals surface area contributed by atoms with E-state index in [0.717, 1.165) is 17.4 Å². The van der Waals surface area contributed by atoms with Gasteiger partial charge in [0, 0.05) is 12.1 Å². The van der Waals surface area contributed by atoms with Gasteiger partial charge in [0.1, 0.15) is 16.6 Å². The molecular weight excluding hydrogens is 419 g/mol. The first-order valence-electron chi connectivity index (χ1n) is 9.47. The van der Waals surface area contributed by atoms with Crippen LogP contribution < -0.4 is 15.4 Å². The van der Waals surface area contributed by atoms with Gasteiger partial charge in [0.2, 0.25) is 5.91 Å². The second-order valence-electron chi connectivity index (χ2n) is 6.42. The summed E-state index contributed by atoms with van der Waals surface area (Å²) in [7, 11) is 1.62. The summed E-state index contributed by atoms with van der Waals surface area (Å²) in [5.41, 5.74) is 1.21. The number of carbonyl (C=O) groups is 2. The highest BCUT2D eigenvalue weighted by Crippen LogP contribution is 2.18. The third-order valence-corrected chi connectivity index (χ3v) is 5.15. The van der Waals surface area contributed by atoms with Crippen molar-refractivity contribution in [1.29, 1.82) is 0 Å². The standard InChI is InChI=1S/C22H21FN4O3S/c1-30-18-8-3-2-5-15(18)11-12-24-20(28)14-31-21-10-9-19(26-27-21)25-22(29)16-6-4-7-17(23)13-16/h2-10,13H,11-12,14H2,1H3,(H,24,28)(H,25,26,29). The molecule has 2 aromatic carbocycles. The predicted octanol–water partition coefficient (Wildman–Crippen LogP) is 3.33. The number of halogens is 1. The normalized spacial score (nSPS) is 10.4. The number of nitrogens with zero attached hydrogens (tertiary/aromatic N) is 2. The summed E-state index contributed by atoms with van der Waals surface area (Å²) in [5.74, 6) is 0.126. The van der Waals surface area contributed by atoms with Crippen LogP contribution in [0.3, 0.4) is 0 Å². The van der Waals surface area contributed by atoms with Crippen molar-refractivity contribution in [2.24, 2.45) is 0 Å². The number of hydrogen-bond donors (Lipinski definition) is 2. The van der Waals surface area contributed by atoms with Crippen LogP contribution in [0.5, 0.6) is 5.75 Å². The van der Waals surface area contributed by atoms with E-state index in [9.17, 15) is 14.0 Å². The second-order valence-corrected chi connectivity index (χ2v) is 7.42. The molecule has 3 rings (SSSR count). The van der Waals surface area contributed by atoms with Gasteiger partial charge in [-0.3, -0.25) is 9.59 Å². The van der Waals surface area contributed by atoms with E-state index in [0.29, 0.717) is 18.0 Å². The molecule has 9 heteroatoms. The van der Waals surface area contributed by atoms with Gasteiger partial charge in [0.25, 0.3) is 5.91 Å². The van der Waals surface area contributed by atoms with E-state index >= 15 is 0 Å². The van der Waals surface area contributed by atoms with E-state index in [4.69, 9.17) is 4.74 Å². The lowest BCUT2D eigenvalue weighted by Crippen LogP contribution is -2.27. The molecule has 7 nitrogen and oxygen atoms in total. The number of ether oxygens (including phenoxy) is 1. The molecule has 3 aromatic rings. The fraction of sp³-hybridized carbons (Fsp3) is 0.182. The summed E-state index contributed by atoms with van der Waals surface area (Å²) >= 11 is 1.24. The Morgan fingerprint density at radius 1 is 1.06 bits per heavy atom. The minimum Gasteiger partial charge on any atom is -0.496 e. The zero-order valence-corrected chi connectivity index (χ0v) is 17.6. The van der Waals surface area contributed by atoms with E-state index in [2.05, 4.69) is 20.8 Å². The Morgan fingerprint density at radius 2 is 1.90 bits per heavy atom. The van der Waals surface area contributed by atoms with Crippen molar-refractivity contribution in [2.75, 3.05) is 24.7 Å². The SMILES string of the molecule is COc1ccccc1CCNC(=O)CSc1ccc(NC(=O)c2cccc(F)c2)nn1. The number of benzene rings is 2. The molecule has 0 aliphatic heterocycles. The smallest absolute Gasteiger partial charge is 0.256 e. The number of para-hydroxylation sites is 1. The van der Waals surface area contributed by atoms with Gasteiger partial charge >= 0.3 is 0 Å². The van der Waals surface area contributed by atoms with Gasteiger partial charge in [-0.25, -0.2) is 4.39 Å². The Hall–Kier alpha value is -3.46. The van der Waals surface area contributed by atoms with Crippen LogP contribution >= 0.6 is 11.8 Å². The number of thioether (sulfide) groups is 1. The molecule has 2 N–H and O–H groups in total. The maximum Gasteiger partial charge on any atom is 0.256 e. The topological polar surface area (TPSA) is 93.2 Å². The molecule has 0 bridgehead atoms. The minimum absolute atomic E-state index is 0.120. The van der Waals surface area contributed by atoms with Crippen molar-refractivity contribution < 1.29 is 18.7 Å². The van der Waals surface area contributed by atoms with Gasteiger partial charge in [-0.1, -0.05) is 36.0 Å². The Labute approximate surface area is 183 Å². The molecule has 0 atom stereocenters. The number of carbonyl (C=O) groups excluding carboxylic acids is 2. The maximum atomic E-state index is 13.2. The van der Waals surface area contributed by atoms with Gasteiger partial charge in [-0.15, -0.1) is 10.2 Å². The molecule has 0 saturated carbocycles. The number of aromatic nitrogens is 2. The van der Waals surface area contributed by atoms with Crippen molar-refractivity contribution in [2.45, 2.75) is 11.4 Å². The van der Waals surface area contributed by atoms with Crippen LogP contribution in [0.1, 0.15) is 15.9 Å². The van der Waals surface area contributed by atoms with Crippen LogP contribution in [0.25, 0.3) is 0 Å². The zero-order chi connectivity index (χ0) is 22.1. The predicted molar refractivity (Wildman–Crippen MR) is 117 cm³/mol. The molecule has 31 heavy (non-hydrogen) atoms. The van der Waals surface area contributed by atoms with Crippen molar-refractivity contribution in [1.82, 2.24) is 15.5 Å². The highest BCUT2D eigenvalue weighted by Gasteiger charge is 2.09. The maximum absolute atomic E-state index is 13.2. The first-order valence-corrected chi connectivity index (χ1v) is 10.5. The highest BCUT2D eigenvalue weighted by molar-refractivity contribution is 7.99. The first-order chi connectivity index (χ1) is 15.0. The average Bonchev–Trinajstić information content (AvgIpc) is 2.79. The molecule has 0 radical (unpaired) electrons. The molecule has 0 spiro atoms. The lowest BCUT2D eigenvalue weighted by atomic mass is 10.1. The van der Waals surface area contributed by atoms with Gasteiger partial charge in [-0.2, -0.15) is 0 Å².